The summed E-state index contributed by atoms with van der Waals surface area (Å²) in [4.78, 5) is 47.4. The van der Waals surface area contributed by atoms with E-state index in [1.807, 2.05) is 6.07 Å². The molecule has 0 aliphatic rings. The summed E-state index contributed by atoms with van der Waals surface area (Å²) in [5.41, 5.74) is 6.67. The first-order valence-electron chi connectivity index (χ1n) is 8.19. The molecule has 0 spiro atoms. The van der Waals surface area contributed by atoms with Crippen LogP contribution >= 0.6 is 0 Å². The van der Waals surface area contributed by atoms with Crippen molar-refractivity contribution in [3.63, 3.8) is 0 Å². The van der Waals surface area contributed by atoms with E-state index in [0.29, 0.717) is 11.4 Å². The van der Waals surface area contributed by atoms with Gasteiger partial charge >= 0.3 is 0 Å². The molecule has 0 aliphatic heterocycles. The van der Waals surface area contributed by atoms with E-state index in [-0.39, 0.29) is 12.0 Å². The third kappa shape index (κ3) is 4.24. The molecule has 2 amide bonds. The van der Waals surface area contributed by atoms with Gasteiger partial charge in [-0.1, -0.05) is 30.3 Å². The van der Waals surface area contributed by atoms with Gasteiger partial charge in [0, 0.05) is 36.8 Å². The van der Waals surface area contributed by atoms with Gasteiger partial charge in [-0.05, 0) is 11.6 Å². The van der Waals surface area contributed by atoms with Gasteiger partial charge in [0.05, 0.1) is 5.56 Å². The zero-order chi connectivity index (χ0) is 19.2. The van der Waals surface area contributed by atoms with Gasteiger partial charge in [-0.25, -0.2) is 9.97 Å². The number of Topliss-reactive ketones (excluding diaryl/α,β-unsaturated/α-hetero) is 1. The summed E-state index contributed by atoms with van der Waals surface area (Å²) in [5, 5.41) is 2.59. The van der Waals surface area contributed by atoms with Crippen LogP contribution in [0.15, 0.2) is 61.2 Å². The molecule has 1 aromatic carbocycles. The van der Waals surface area contributed by atoms with Gasteiger partial charge in [0.2, 0.25) is 5.78 Å². The number of nitrogens with zero attached hydrogens (tertiary/aromatic N) is 2. The van der Waals surface area contributed by atoms with E-state index < -0.39 is 23.6 Å². The van der Waals surface area contributed by atoms with Crippen LogP contribution in [0.4, 0.5) is 0 Å². The average Bonchev–Trinajstić information content (AvgIpc) is 3.18. The van der Waals surface area contributed by atoms with Crippen LogP contribution in [0.3, 0.4) is 0 Å². The largest absolute Gasteiger partial charge is 0.366 e. The molecule has 1 unspecified atom stereocenters. The SMILES string of the molecule is NC(=O)C(=O)C(Cc1ccccc1)NC(=O)c1c[nH]cc1-c1ncccn1. The van der Waals surface area contributed by atoms with Crippen LogP contribution in [-0.2, 0) is 16.0 Å². The number of benzene rings is 1. The molecule has 8 nitrogen and oxygen atoms in total. The standard InChI is InChI=1S/C19H17N5O3/c20-17(26)16(25)15(9-12-5-2-1-3-6-12)24-19(27)14-11-21-10-13(14)18-22-7-4-8-23-18/h1-8,10-11,15,21H,9H2,(H2,20,26)(H,24,27). The third-order valence-electron chi connectivity index (χ3n) is 3.94. The van der Waals surface area contributed by atoms with Crippen LogP contribution < -0.4 is 11.1 Å². The van der Waals surface area contributed by atoms with E-state index in [0.717, 1.165) is 5.56 Å². The van der Waals surface area contributed by atoms with Crippen LogP contribution in [0.2, 0.25) is 0 Å². The molecular formula is C19H17N5O3. The minimum Gasteiger partial charge on any atom is -0.366 e. The highest BCUT2D eigenvalue weighted by atomic mass is 16.2. The maximum Gasteiger partial charge on any atom is 0.287 e. The van der Waals surface area contributed by atoms with Gasteiger partial charge < -0.3 is 16.0 Å². The summed E-state index contributed by atoms with van der Waals surface area (Å²) in [6.45, 7) is 0. The van der Waals surface area contributed by atoms with E-state index in [9.17, 15) is 14.4 Å². The van der Waals surface area contributed by atoms with E-state index >= 15 is 0 Å². The molecule has 3 rings (SSSR count). The molecule has 0 radical (unpaired) electrons. The van der Waals surface area contributed by atoms with Crippen molar-refractivity contribution in [3.8, 4) is 11.4 Å². The van der Waals surface area contributed by atoms with Gasteiger partial charge in [-0.3, -0.25) is 14.4 Å². The molecule has 1 atom stereocenters. The Labute approximate surface area is 154 Å². The Morgan fingerprint density at radius 3 is 2.41 bits per heavy atom. The first-order valence-corrected chi connectivity index (χ1v) is 8.19. The van der Waals surface area contributed by atoms with Crippen LogP contribution in [-0.4, -0.2) is 38.6 Å². The number of carbonyl (C=O) groups excluding carboxylic acids is 3. The second-order valence-corrected chi connectivity index (χ2v) is 5.80. The number of hydrogen-bond donors (Lipinski definition) is 3. The highest BCUT2D eigenvalue weighted by Gasteiger charge is 2.27. The first kappa shape index (κ1) is 18.0. The van der Waals surface area contributed by atoms with Crippen LogP contribution in [0, 0.1) is 0 Å². The van der Waals surface area contributed by atoms with Gasteiger partial charge in [0.1, 0.15) is 6.04 Å². The van der Waals surface area contributed by atoms with Crippen LogP contribution in [0.1, 0.15) is 15.9 Å². The number of aromatic amines is 1. The number of nitrogens with two attached hydrogens (primary N) is 1. The number of H-pyrrole nitrogens is 1. The lowest BCUT2D eigenvalue weighted by molar-refractivity contribution is -0.137. The Bertz CT molecular complexity index is 954. The molecule has 0 saturated carbocycles. The number of nitrogens with one attached hydrogen (secondary N) is 2. The lowest BCUT2D eigenvalue weighted by Crippen LogP contribution is -2.47. The summed E-state index contributed by atoms with van der Waals surface area (Å²) >= 11 is 0. The summed E-state index contributed by atoms with van der Waals surface area (Å²) in [5.74, 6) is -2.13. The molecule has 3 aromatic rings. The van der Waals surface area contributed by atoms with Crippen molar-refractivity contribution >= 4 is 17.6 Å². The Hall–Kier alpha value is -3.81. The van der Waals surface area contributed by atoms with E-state index in [4.69, 9.17) is 5.73 Å². The number of aromatic nitrogens is 3. The predicted octanol–water partition coefficient (Wildman–Crippen LogP) is 0.867. The molecule has 0 fully saturated rings. The lowest BCUT2D eigenvalue weighted by atomic mass is 10.0. The van der Waals surface area contributed by atoms with Crippen molar-refractivity contribution in [2.24, 2.45) is 5.73 Å². The number of carbonyl (C=O) groups is 3. The normalized spacial score (nSPS) is 11.6. The van der Waals surface area contributed by atoms with E-state index in [1.54, 1.807) is 48.9 Å². The van der Waals surface area contributed by atoms with Gasteiger partial charge in [-0.15, -0.1) is 0 Å². The van der Waals surface area contributed by atoms with Gasteiger partial charge in [-0.2, -0.15) is 0 Å². The Morgan fingerprint density at radius 1 is 1.04 bits per heavy atom. The number of primary amides is 1. The number of rotatable bonds is 7. The van der Waals surface area contributed by atoms with E-state index in [1.165, 1.54) is 6.20 Å². The second-order valence-electron chi connectivity index (χ2n) is 5.80. The van der Waals surface area contributed by atoms with Crippen LogP contribution in [0.5, 0.6) is 0 Å². The van der Waals surface area contributed by atoms with Gasteiger partial charge in [0.15, 0.2) is 5.82 Å². The van der Waals surface area contributed by atoms with Crippen molar-refractivity contribution in [3.05, 3.63) is 72.3 Å². The molecule has 136 valence electrons. The number of amides is 2. The minimum atomic E-state index is -1.10. The van der Waals surface area contributed by atoms with Crippen molar-refractivity contribution < 1.29 is 14.4 Å². The van der Waals surface area contributed by atoms with Gasteiger partial charge in [0.25, 0.3) is 11.8 Å². The molecule has 8 heteroatoms. The van der Waals surface area contributed by atoms with Crippen molar-refractivity contribution in [1.82, 2.24) is 20.3 Å². The monoisotopic (exact) mass is 363 g/mol. The summed E-state index contributed by atoms with van der Waals surface area (Å²) in [6, 6.07) is 9.63. The molecule has 0 aliphatic carbocycles. The predicted molar refractivity (Wildman–Crippen MR) is 97.4 cm³/mol. The van der Waals surface area contributed by atoms with Crippen molar-refractivity contribution in [2.45, 2.75) is 12.5 Å². The maximum atomic E-state index is 12.7. The zero-order valence-corrected chi connectivity index (χ0v) is 14.3. The smallest absolute Gasteiger partial charge is 0.287 e. The fourth-order valence-corrected chi connectivity index (χ4v) is 2.64. The molecular weight excluding hydrogens is 346 g/mol. The first-order chi connectivity index (χ1) is 13.1. The second kappa shape index (κ2) is 8.05. The number of hydrogen-bond acceptors (Lipinski definition) is 5. The molecule has 2 aromatic heterocycles. The molecule has 4 N–H and O–H groups in total. The quantitative estimate of drug-likeness (QED) is 0.536. The topological polar surface area (TPSA) is 131 Å². The summed E-state index contributed by atoms with van der Waals surface area (Å²) in [7, 11) is 0. The molecule has 27 heavy (non-hydrogen) atoms. The maximum absolute atomic E-state index is 12.7. The molecule has 2 heterocycles. The lowest BCUT2D eigenvalue weighted by Gasteiger charge is -2.16. The Morgan fingerprint density at radius 2 is 1.74 bits per heavy atom. The zero-order valence-electron chi connectivity index (χ0n) is 14.3. The Balaban J connectivity index is 1.84. The van der Waals surface area contributed by atoms with E-state index in [2.05, 4.69) is 20.3 Å². The van der Waals surface area contributed by atoms with Crippen molar-refractivity contribution in [2.75, 3.05) is 0 Å². The summed E-state index contributed by atoms with van der Waals surface area (Å²) in [6.07, 6.45) is 6.34. The molecule has 0 saturated heterocycles. The van der Waals surface area contributed by atoms with Crippen molar-refractivity contribution in [1.29, 1.82) is 0 Å². The highest BCUT2D eigenvalue weighted by Crippen LogP contribution is 2.19. The Kier molecular flexibility index (Phi) is 5.36. The summed E-state index contributed by atoms with van der Waals surface area (Å²) < 4.78 is 0. The fraction of sp³-hybridized carbons (Fsp3) is 0.105. The van der Waals surface area contributed by atoms with Crippen LogP contribution in [0.25, 0.3) is 11.4 Å². The average molecular weight is 363 g/mol. The molecule has 0 bridgehead atoms. The fourth-order valence-electron chi connectivity index (χ4n) is 2.64. The number of ketones is 1. The minimum absolute atomic E-state index is 0.149. The highest BCUT2D eigenvalue weighted by molar-refractivity contribution is 6.38. The third-order valence-corrected chi connectivity index (χ3v) is 3.94.